The first-order valence-corrected chi connectivity index (χ1v) is 6.89. The third kappa shape index (κ3) is 3.38. The predicted octanol–water partition coefficient (Wildman–Crippen LogP) is 3.14. The molecule has 2 rings (SSSR count). The molecule has 0 aliphatic rings. The lowest BCUT2D eigenvalue weighted by Gasteiger charge is -2.19. The van der Waals surface area contributed by atoms with Crippen LogP contribution in [-0.2, 0) is 6.42 Å². The quantitative estimate of drug-likeness (QED) is 0.626. The van der Waals surface area contributed by atoms with Crippen molar-refractivity contribution < 1.29 is 4.74 Å². The van der Waals surface area contributed by atoms with Gasteiger partial charge in [-0.3, -0.25) is 11.3 Å². The number of hydrazine groups is 1. The summed E-state index contributed by atoms with van der Waals surface area (Å²) < 4.78 is 5.41. The molecule has 0 amide bonds. The van der Waals surface area contributed by atoms with E-state index >= 15 is 0 Å². The standard InChI is InChI=1S/C17H22N2O/c1-13-7-3-4-8-14(13)11-12-16(19-18)15-9-5-6-10-17(15)20-2/h3-10,16,19H,11-12,18H2,1-2H3. The van der Waals surface area contributed by atoms with Crippen molar-refractivity contribution in [2.75, 3.05) is 7.11 Å². The second kappa shape index (κ2) is 7.08. The minimum absolute atomic E-state index is 0.0887. The fourth-order valence-electron chi connectivity index (χ4n) is 2.47. The molecule has 0 aromatic heterocycles. The summed E-state index contributed by atoms with van der Waals surface area (Å²) in [6, 6.07) is 16.6. The van der Waals surface area contributed by atoms with Crippen LogP contribution in [0, 0.1) is 6.92 Å². The van der Waals surface area contributed by atoms with E-state index in [1.807, 2.05) is 18.2 Å². The number of ether oxygens (including phenoxy) is 1. The molecule has 0 aliphatic carbocycles. The van der Waals surface area contributed by atoms with Gasteiger partial charge in [-0.25, -0.2) is 0 Å². The van der Waals surface area contributed by atoms with E-state index in [-0.39, 0.29) is 6.04 Å². The molecule has 0 spiro atoms. The maximum absolute atomic E-state index is 5.73. The number of benzene rings is 2. The molecule has 0 heterocycles. The Hall–Kier alpha value is -1.84. The van der Waals surface area contributed by atoms with E-state index in [2.05, 4.69) is 42.7 Å². The minimum Gasteiger partial charge on any atom is -0.496 e. The lowest BCUT2D eigenvalue weighted by atomic mass is 9.97. The van der Waals surface area contributed by atoms with Crippen LogP contribution < -0.4 is 16.0 Å². The Labute approximate surface area is 120 Å². The van der Waals surface area contributed by atoms with Crippen LogP contribution in [0.1, 0.15) is 29.2 Å². The molecule has 3 N–H and O–H groups in total. The Morgan fingerprint density at radius 2 is 1.80 bits per heavy atom. The maximum atomic E-state index is 5.73. The van der Waals surface area contributed by atoms with E-state index in [0.29, 0.717) is 0 Å². The Bertz CT molecular complexity index is 554. The fourth-order valence-corrected chi connectivity index (χ4v) is 2.47. The zero-order valence-corrected chi connectivity index (χ0v) is 12.1. The molecular formula is C17H22N2O. The molecule has 3 heteroatoms. The zero-order valence-electron chi connectivity index (χ0n) is 12.1. The second-order valence-corrected chi connectivity index (χ2v) is 4.93. The van der Waals surface area contributed by atoms with Gasteiger partial charge in [0.1, 0.15) is 5.75 Å². The monoisotopic (exact) mass is 270 g/mol. The fraction of sp³-hybridized carbons (Fsp3) is 0.294. The van der Waals surface area contributed by atoms with Crippen molar-refractivity contribution in [3.8, 4) is 5.75 Å². The maximum Gasteiger partial charge on any atom is 0.123 e. The Morgan fingerprint density at radius 3 is 2.50 bits per heavy atom. The first-order valence-electron chi connectivity index (χ1n) is 6.89. The van der Waals surface area contributed by atoms with Crippen LogP contribution in [0.3, 0.4) is 0 Å². The average molecular weight is 270 g/mol. The zero-order chi connectivity index (χ0) is 14.4. The molecule has 0 fully saturated rings. The van der Waals surface area contributed by atoms with Gasteiger partial charge >= 0.3 is 0 Å². The highest BCUT2D eigenvalue weighted by molar-refractivity contribution is 5.36. The van der Waals surface area contributed by atoms with Crippen molar-refractivity contribution in [1.29, 1.82) is 0 Å². The number of hydrogen-bond acceptors (Lipinski definition) is 3. The van der Waals surface area contributed by atoms with Gasteiger partial charge in [-0.05, 0) is 37.0 Å². The van der Waals surface area contributed by atoms with Crippen molar-refractivity contribution in [2.45, 2.75) is 25.8 Å². The lowest BCUT2D eigenvalue weighted by molar-refractivity contribution is 0.396. The predicted molar refractivity (Wildman–Crippen MR) is 82.6 cm³/mol. The highest BCUT2D eigenvalue weighted by atomic mass is 16.5. The number of hydrogen-bond donors (Lipinski definition) is 2. The Kier molecular flexibility index (Phi) is 5.16. The van der Waals surface area contributed by atoms with Crippen molar-refractivity contribution in [1.82, 2.24) is 5.43 Å². The summed E-state index contributed by atoms with van der Waals surface area (Å²) in [5.74, 6) is 6.60. The Balaban J connectivity index is 2.11. The third-order valence-electron chi connectivity index (χ3n) is 3.68. The molecule has 0 aliphatic heterocycles. The molecule has 0 bridgehead atoms. The number of rotatable bonds is 6. The summed E-state index contributed by atoms with van der Waals surface area (Å²) in [7, 11) is 1.69. The molecule has 0 radical (unpaired) electrons. The van der Waals surface area contributed by atoms with Crippen LogP contribution in [0.25, 0.3) is 0 Å². The topological polar surface area (TPSA) is 47.3 Å². The molecule has 1 atom stereocenters. The number of methoxy groups -OCH3 is 1. The minimum atomic E-state index is 0.0887. The largest absolute Gasteiger partial charge is 0.496 e. The van der Waals surface area contributed by atoms with Crippen LogP contribution >= 0.6 is 0 Å². The molecule has 2 aromatic carbocycles. The van der Waals surface area contributed by atoms with E-state index in [4.69, 9.17) is 10.6 Å². The van der Waals surface area contributed by atoms with E-state index < -0.39 is 0 Å². The number of nitrogens with one attached hydrogen (secondary N) is 1. The van der Waals surface area contributed by atoms with Gasteiger partial charge in [0.2, 0.25) is 0 Å². The van der Waals surface area contributed by atoms with Crippen LogP contribution in [-0.4, -0.2) is 7.11 Å². The van der Waals surface area contributed by atoms with Crippen LogP contribution in [0.5, 0.6) is 5.75 Å². The van der Waals surface area contributed by atoms with Gasteiger partial charge in [-0.2, -0.15) is 0 Å². The molecule has 2 aromatic rings. The average Bonchev–Trinajstić information content (AvgIpc) is 2.50. The molecule has 1 unspecified atom stereocenters. The van der Waals surface area contributed by atoms with Crippen LogP contribution in [0.15, 0.2) is 48.5 Å². The summed E-state index contributed by atoms with van der Waals surface area (Å²) in [5, 5.41) is 0. The second-order valence-electron chi connectivity index (χ2n) is 4.93. The number of aryl methyl sites for hydroxylation is 2. The highest BCUT2D eigenvalue weighted by Crippen LogP contribution is 2.27. The molecule has 0 saturated carbocycles. The smallest absolute Gasteiger partial charge is 0.123 e. The van der Waals surface area contributed by atoms with Gasteiger partial charge in [-0.1, -0.05) is 42.5 Å². The summed E-state index contributed by atoms with van der Waals surface area (Å²) in [6.07, 6.45) is 1.92. The van der Waals surface area contributed by atoms with Gasteiger partial charge in [-0.15, -0.1) is 0 Å². The summed E-state index contributed by atoms with van der Waals surface area (Å²) >= 11 is 0. The van der Waals surface area contributed by atoms with Crippen molar-refractivity contribution in [2.24, 2.45) is 5.84 Å². The van der Waals surface area contributed by atoms with Gasteiger partial charge < -0.3 is 4.74 Å². The molecular weight excluding hydrogens is 248 g/mol. The van der Waals surface area contributed by atoms with Crippen molar-refractivity contribution in [3.05, 3.63) is 65.2 Å². The lowest BCUT2D eigenvalue weighted by Crippen LogP contribution is -2.28. The third-order valence-corrected chi connectivity index (χ3v) is 3.68. The summed E-state index contributed by atoms with van der Waals surface area (Å²) in [5.41, 5.74) is 6.69. The molecule has 3 nitrogen and oxygen atoms in total. The number of nitrogens with two attached hydrogens (primary N) is 1. The molecule has 0 saturated heterocycles. The van der Waals surface area contributed by atoms with Crippen molar-refractivity contribution in [3.63, 3.8) is 0 Å². The summed E-state index contributed by atoms with van der Waals surface area (Å²) in [6.45, 7) is 2.14. The molecule has 106 valence electrons. The first kappa shape index (κ1) is 14.6. The van der Waals surface area contributed by atoms with E-state index in [1.165, 1.54) is 11.1 Å². The highest BCUT2D eigenvalue weighted by Gasteiger charge is 2.14. The number of para-hydroxylation sites is 1. The van der Waals surface area contributed by atoms with Gasteiger partial charge in [0, 0.05) is 11.6 Å². The van der Waals surface area contributed by atoms with Crippen LogP contribution in [0.2, 0.25) is 0 Å². The first-order chi connectivity index (χ1) is 9.76. The normalized spacial score (nSPS) is 12.2. The Morgan fingerprint density at radius 1 is 1.10 bits per heavy atom. The summed E-state index contributed by atoms with van der Waals surface area (Å²) in [4.78, 5) is 0. The van der Waals surface area contributed by atoms with Crippen molar-refractivity contribution >= 4 is 0 Å². The van der Waals surface area contributed by atoms with E-state index in [9.17, 15) is 0 Å². The SMILES string of the molecule is COc1ccccc1C(CCc1ccccc1C)NN. The molecule has 20 heavy (non-hydrogen) atoms. The van der Waals surface area contributed by atoms with Gasteiger partial charge in [0.15, 0.2) is 0 Å². The van der Waals surface area contributed by atoms with Crippen LogP contribution in [0.4, 0.5) is 0 Å². The van der Waals surface area contributed by atoms with E-state index in [1.54, 1.807) is 7.11 Å². The van der Waals surface area contributed by atoms with Gasteiger partial charge in [0.05, 0.1) is 7.11 Å². The van der Waals surface area contributed by atoms with E-state index in [0.717, 1.165) is 24.2 Å². The van der Waals surface area contributed by atoms with Gasteiger partial charge in [0.25, 0.3) is 0 Å².